The number of nitrogens with one attached hydrogen (secondary N) is 1. The summed E-state index contributed by atoms with van der Waals surface area (Å²) in [5.41, 5.74) is 6.57. The first-order chi connectivity index (χ1) is 16.9. The van der Waals surface area contributed by atoms with Crippen LogP contribution in [0.5, 0.6) is 0 Å². The van der Waals surface area contributed by atoms with E-state index in [1.165, 1.54) is 5.69 Å². The molecule has 0 bridgehead atoms. The first kappa shape index (κ1) is 22.9. The van der Waals surface area contributed by atoms with Crippen LogP contribution in [0.4, 0.5) is 17.1 Å². The molecule has 178 valence electrons. The Hall–Kier alpha value is -3.84. The Morgan fingerprint density at radius 2 is 1.40 bits per heavy atom. The topological polar surface area (TPSA) is 39.6 Å². The summed E-state index contributed by atoms with van der Waals surface area (Å²) in [6.07, 6.45) is 3.95. The maximum atomic E-state index is 5.90. The van der Waals surface area contributed by atoms with Gasteiger partial charge in [-0.25, -0.2) is 0 Å². The molecule has 1 N–H and O–H groups in total. The molecule has 0 amide bonds. The maximum Gasteiger partial charge on any atom is 0.174 e. The van der Waals surface area contributed by atoms with Crippen molar-refractivity contribution >= 4 is 34.4 Å². The van der Waals surface area contributed by atoms with Gasteiger partial charge in [0.05, 0.1) is 11.7 Å². The number of anilines is 3. The van der Waals surface area contributed by atoms with E-state index in [1.807, 2.05) is 32.4 Å². The minimum Gasteiger partial charge on any atom is -0.378 e. The number of benzene rings is 2. The van der Waals surface area contributed by atoms with Gasteiger partial charge in [-0.2, -0.15) is 0 Å². The van der Waals surface area contributed by atoms with E-state index < -0.39 is 0 Å². The molecular formula is C28H30N6S. The molecule has 7 heteroatoms. The van der Waals surface area contributed by atoms with E-state index in [4.69, 9.17) is 12.2 Å². The van der Waals surface area contributed by atoms with Gasteiger partial charge in [0.25, 0.3) is 0 Å². The molecule has 2 aromatic heterocycles. The first-order valence-electron chi connectivity index (χ1n) is 11.7. The second kappa shape index (κ2) is 9.43. The van der Waals surface area contributed by atoms with Crippen molar-refractivity contribution in [1.82, 2.24) is 14.9 Å². The van der Waals surface area contributed by atoms with E-state index in [0.717, 1.165) is 28.5 Å². The minimum absolute atomic E-state index is 0.0777. The number of hydrogen-bond acceptors (Lipinski definition) is 4. The lowest BCUT2D eigenvalue weighted by molar-refractivity contribution is 0.549. The lowest BCUT2D eigenvalue weighted by atomic mass is 10.0. The predicted molar refractivity (Wildman–Crippen MR) is 149 cm³/mol. The van der Waals surface area contributed by atoms with Gasteiger partial charge in [-0.05, 0) is 85.0 Å². The van der Waals surface area contributed by atoms with Crippen molar-refractivity contribution in [2.45, 2.75) is 12.1 Å². The number of rotatable bonds is 6. The molecule has 0 spiro atoms. The van der Waals surface area contributed by atoms with Crippen molar-refractivity contribution < 1.29 is 0 Å². The standard InChI is InChI=1S/C28H30N6S/c1-31(2)20-10-14-22(15-11-20)33-19-7-9-25(33)27-26(24-8-5-6-18-29-24)30-28(35)34(27)23-16-12-21(13-17-23)32(3)4/h5-19,26-27H,1-4H3,(H,30,35)/t26-,27+/m0/s1. The van der Waals surface area contributed by atoms with Gasteiger partial charge in [0.2, 0.25) is 0 Å². The number of pyridine rings is 1. The lowest BCUT2D eigenvalue weighted by Crippen LogP contribution is -2.30. The Morgan fingerprint density at radius 1 is 0.771 bits per heavy atom. The zero-order valence-electron chi connectivity index (χ0n) is 20.5. The molecule has 2 aromatic carbocycles. The van der Waals surface area contributed by atoms with Gasteiger partial charge in [0.1, 0.15) is 6.04 Å². The Labute approximate surface area is 212 Å². The van der Waals surface area contributed by atoms with Crippen LogP contribution in [0.3, 0.4) is 0 Å². The van der Waals surface area contributed by atoms with Crippen LogP contribution in [-0.4, -0.2) is 42.9 Å². The monoisotopic (exact) mass is 482 g/mol. The fraction of sp³-hybridized carbons (Fsp3) is 0.214. The third-order valence-electron chi connectivity index (χ3n) is 6.47. The van der Waals surface area contributed by atoms with Crippen molar-refractivity contribution in [1.29, 1.82) is 0 Å². The third-order valence-corrected chi connectivity index (χ3v) is 6.78. The van der Waals surface area contributed by atoms with Crippen molar-refractivity contribution in [2.24, 2.45) is 0 Å². The van der Waals surface area contributed by atoms with Gasteiger partial charge in [0, 0.05) is 69.0 Å². The molecule has 6 nitrogen and oxygen atoms in total. The molecule has 2 atom stereocenters. The van der Waals surface area contributed by atoms with E-state index >= 15 is 0 Å². The van der Waals surface area contributed by atoms with Gasteiger partial charge in [-0.3, -0.25) is 4.98 Å². The van der Waals surface area contributed by atoms with Crippen molar-refractivity contribution in [3.8, 4) is 5.69 Å². The number of nitrogens with zero attached hydrogens (tertiary/aromatic N) is 5. The largest absolute Gasteiger partial charge is 0.378 e. The molecule has 0 aliphatic carbocycles. The smallest absolute Gasteiger partial charge is 0.174 e. The second-order valence-electron chi connectivity index (χ2n) is 9.12. The SMILES string of the molecule is CN(C)c1ccc(N2C(=S)N[C@@H](c3ccccn3)[C@H]2c2cccn2-c2ccc(N(C)C)cc2)cc1. The average molecular weight is 483 g/mol. The molecule has 0 unspecified atom stereocenters. The van der Waals surface area contributed by atoms with E-state index in [1.54, 1.807) is 0 Å². The minimum atomic E-state index is -0.0908. The molecule has 1 aliphatic rings. The van der Waals surface area contributed by atoms with Crippen LogP contribution in [0.25, 0.3) is 5.69 Å². The quantitative estimate of drug-likeness (QED) is 0.382. The van der Waals surface area contributed by atoms with Gasteiger partial charge in [-0.15, -0.1) is 0 Å². The Morgan fingerprint density at radius 3 is 1.97 bits per heavy atom. The van der Waals surface area contributed by atoms with E-state index in [0.29, 0.717) is 5.11 Å². The molecule has 1 fully saturated rings. The fourth-order valence-corrected chi connectivity index (χ4v) is 4.97. The summed E-state index contributed by atoms with van der Waals surface area (Å²) in [6, 6.07) is 27.3. The fourth-order valence-electron chi connectivity index (χ4n) is 4.63. The predicted octanol–water partition coefficient (Wildman–Crippen LogP) is 5.18. The second-order valence-corrected chi connectivity index (χ2v) is 9.51. The molecule has 0 saturated carbocycles. The zero-order chi connectivity index (χ0) is 24.5. The summed E-state index contributed by atoms with van der Waals surface area (Å²) in [6.45, 7) is 0. The molecule has 5 rings (SSSR count). The summed E-state index contributed by atoms with van der Waals surface area (Å²) in [5.74, 6) is 0. The van der Waals surface area contributed by atoms with E-state index in [2.05, 4.69) is 117 Å². The number of hydrogen-bond donors (Lipinski definition) is 1. The molecular weight excluding hydrogens is 452 g/mol. The van der Waals surface area contributed by atoms with E-state index in [-0.39, 0.29) is 12.1 Å². The highest BCUT2D eigenvalue weighted by atomic mass is 32.1. The number of thiocarbonyl (C=S) groups is 1. The number of aromatic nitrogens is 2. The van der Waals surface area contributed by atoms with Crippen molar-refractivity contribution in [2.75, 3.05) is 42.9 Å². The Balaban J connectivity index is 1.61. The van der Waals surface area contributed by atoms with Gasteiger partial charge >= 0.3 is 0 Å². The van der Waals surface area contributed by atoms with E-state index in [9.17, 15) is 0 Å². The summed E-state index contributed by atoms with van der Waals surface area (Å²) in [5, 5.41) is 4.26. The van der Waals surface area contributed by atoms with Gasteiger partial charge in [0.15, 0.2) is 5.11 Å². The third kappa shape index (κ3) is 4.35. The highest BCUT2D eigenvalue weighted by Crippen LogP contribution is 2.42. The highest BCUT2D eigenvalue weighted by molar-refractivity contribution is 7.80. The van der Waals surface area contributed by atoms with Crippen LogP contribution in [-0.2, 0) is 0 Å². The first-order valence-corrected chi connectivity index (χ1v) is 12.1. The molecule has 35 heavy (non-hydrogen) atoms. The van der Waals surface area contributed by atoms with Gasteiger partial charge < -0.3 is 24.6 Å². The van der Waals surface area contributed by atoms with Crippen LogP contribution in [0.2, 0.25) is 0 Å². The average Bonchev–Trinajstić information content (AvgIpc) is 3.49. The van der Waals surface area contributed by atoms with Crippen LogP contribution in [0, 0.1) is 0 Å². The molecule has 1 aliphatic heterocycles. The summed E-state index contributed by atoms with van der Waals surface area (Å²) in [7, 11) is 8.20. The maximum absolute atomic E-state index is 5.90. The van der Waals surface area contributed by atoms with Crippen LogP contribution in [0.15, 0.2) is 91.3 Å². The van der Waals surface area contributed by atoms with Crippen LogP contribution in [0.1, 0.15) is 23.5 Å². The Kier molecular flexibility index (Phi) is 6.17. The molecule has 1 saturated heterocycles. The van der Waals surface area contributed by atoms with Crippen molar-refractivity contribution in [3.05, 3.63) is 103 Å². The summed E-state index contributed by atoms with van der Waals surface area (Å²) in [4.78, 5) is 11.1. The molecule has 0 radical (unpaired) electrons. The Bertz CT molecular complexity index is 1300. The van der Waals surface area contributed by atoms with Crippen LogP contribution < -0.4 is 20.0 Å². The zero-order valence-corrected chi connectivity index (χ0v) is 21.3. The summed E-state index contributed by atoms with van der Waals surface area (Å²) >= 11 is 5.90. The molecule has 3 heterocycles. The summed E-state index contributed by atoms with van der Waals surface area (Å²) < 4.78 is 2.25. The lowest BCUT2D eigenvalue weighted by Gasteiger charge is -2.29. The van der Waals surface area contributed by atoms with Crippen LogP contribution >= 0.6 is 12.2 Å². The van der Waals surface area contributed by atoms with Gasteiger partial charge in [-0.1, -0.05) is 6.07 Å². The molecule has 4 aromatic rings. The normalized spacial score (nSPS) is 17.4. The van der Waals surface area contributed by atoms with Crippen molar-refractivity contribution in [3.63, 3.8) is 0 Å². The highest BCUT2D eigenvalue weighted by Gasteiger charge is 2.42.